The summed E-state index contributed by atoms with van der Waals surface area (Å²) in [5.74, 6) is 1.70. The smallest absolute Gasteiger partial charge is 0.387 e. The van der Waals surface area contributed by atoms with E-state index in [0.29, 0.717) is 18.9 Å². The van der Waals surface area contributed by atoms with Gasteiger partial charge in [0.25, 0.3) is 0 Å². The van der Waals surface area contributed by atoms with Crippen LogP contribution in [-0.2, 0) is 13.2 Å². The first-order chi connectivity index (χ1) is 13.1. The quantitative estimate of drug-likeness (QED) is 0.583. The minimum atomic E-state index is -2.91. The lowest BCUT2D eigenvalue weighted by Gasteiger charge is -2.10. The average molecular weight is 393 g/mol. The van der Waals surface area contributed by atoms with Gasteiger partial charge in [0.05, 0.1) is 19.3 Å². The number of methoxy groups -OCH3 is 1. The van der Waals surface area contributed by atoms with Gasteiger partial charge in [-0.1, -0.05) is 0 Å². The molecule has 0 spiro atoms. The molecule has 0 radical (unpaired) electrons. The fraction of sp³-hybridized carbons (Fsp3) is 0.222. The highest BCUT2D eigenvalue weighted by Gasteiger charge is 2.11. The van der Waals surface area contributed by atoms with Gasteiger partial charge in [-0.05, 0) is 36.4 Å². The van der Waals surface area contributed by atoms with Gasteiger partial charge >= 0.3 is 6.61 Å². The molecule has 0 saturated carbocycles. The van der Waals surface area contributed by atoms with Crippen molar-refractivity contribution in [1.29, 1.82) is 0 Å². The van der Waals surface area contributed by atoms with Crippen LogP contribution in [-0.4, -0.2) is 23.7 Å². The Kier molecular flexibility index (Phi) is 6.37. The summed E-state index contributed by atoms with van der Waals surface area (Å²) in [6.45, 7) is -2.24. The number of thiazole rings is 1. The maximum atomic E-state index is 12.4. The number of nitrogens with zero attached hydrogens (tertiary/aromatic N) is 2. The van der Waals surface area contributed by atoms with Crippen molar-refractivity contribution in [2.75, 3.05) is 12.4 Å². The van der Waals surface area contributed by atoms with Gasteiger partial charge in [0.1, 0.15) is 23.1 Å². The van der Waals surface area contributed by atoms with Crippen LogP contribution in [0.2, 0.25) is 0 Å². The molecule has 27 heavy (non-hydrogen) atoms. The van der Waals surface area contributed by atoms with Crippen LogP contribution >= 0.6 is 11.3 Å². The van der Waals surface area contributed by atoms with Gasteiger partial charge in [-0.25, -0.2) is 9.97 Å². The largest absolute Gasteiger partial charge is 0.497 e. The normalized spacial score (nSPS) is 10.7. The van der Waals surface area contributed by atoms with Crippen molar-refractivity contribution in [3.63, 3.8) is 0 Å². The molecule has 2 aromatic heterocycles. The number of ether oxygens (including phenoxy) is 3. The Labute approximate surface area is 158 Å². The highest BCUT2D eigenvalue weighted by molar-refractivity contribution is 7.09. The van der Waals surface area contributed by atoms with E-state index in [1.807, 2.05) is 29.6 Å². The molecular weight excluding hydrogens is 376 g/mol. The van der Waals surface area contributed by atoms with Crippen LogP contribution in [0.4, 0.5) is 14.6 Å². The first-order valence-corrected chi connectivity index (χ1v) is 8.86. The highest BCUT2D eigenvalue weighted by Crippen LogP contribution is 2.24. The maximum Gasteiger partial charge on any atom is 0.387 e. The lowest BCUT2D eigenvalue weighted by atomic mass is 10.3. The summed E-state index contributed by atoms with van der Waals surface area (Å²) in [4.78, 5) is 8.47. The van der Waals surface area contributed by atoms with Crippen LogP contribution in [0.1, 0.15) is 10.7 Å². The number of nitrogens with one attached hydrogen (secondary N) is 1. The van der Waals surface area contributed by atoms with Gasteiger partial charge in [0, 0.05) is 11.6 Å². The predicted octanol–water partition coefficient (Wildman–Crippen LogP) is 4.34. The molecule has 0 aliphatic rings. The number of alkyl halides is 2. The summed E-state index contributed by atoms with van der Waals surface area (Å²) in [5.41, 5.74) is 0.752. The number of rotatable bonds is 9. The lowest BCUT2D eigenvalue weighted by molar-refractivity contribution is -0.0495. The number of anilines is 1. The van der Waals surface area contributed by atoms with Gasteiger partial charge in [-0.15, -0.1) is 11.3 Å². The van der Waals surface area contributed by atoms with Crippen LogP contribution in [0.25, 0.3) is 0 Å². The van der Waals surface area contributed by atoms with E-state index < -0.39 is 6.61 Å². The first kappa shape index (κ1) is 18.8. The zero-order valence-corrected chi connectivity index (χ0v) is 15.2. The van der Waals surface area contributed by atoms with E-state index in [2.05, 4.69) is 20.0 Å². The molecule has 3 rings (SSSR count). The van der Waals surface area contributed by atoms with Gasteiger partial charge < -0.3 is 19.5 Å². The van der Waals surface area contributed by atoms with E-state index in [-0.39, 0.29) is 11.6 Å². The van der Waals surface area contributed by atoms with Crippen LogP contribution in [0.5, 0.6) is 17.2 Å². The Balaban J connectivity index is 1.53. The van der Waals surface area contributed by atoms with Crippen molar-refractivity contribution < 1.29 is 23.0 Å². The molecule has 0 fully saturated rings. The molecule has 0 amide bonds. The van der Waals surface area contributed by atoms with Gasteiger partial charge in [0.15, 0.2) is 11.6 Å². The second kappa shape index (κ2) is 9.13. The number of hydrogen-bond acceptors (Lipinski definition) is 7. The molecule has 2 heterocycles. The Morgan fingerprint density at radius 2 is 1.93 bits per heavy atom. The van der Waals surface area contributed by atoms with Crippen LogP contribution in [0, 0.1) is 0 Å². The standard InChI is InChI=1S/C18H17F2N3O3S/c1-24-13-4-6-14(7-5-13)25-10-16-23-12(11-27-16)9-22-17-15(26-18(19)20)3-2-8-21-17/h2-8,11,18H,9-10H2,1H3,(H,21,22). The molecular formula is C18H17F2N3O3S. The van der Waals surface area contributed by atoms with E-state index in [1.165, 1.54) is 29.7 Å². The Bertz CT molecular complexity index is 859. The number of benzene rings is 1. The molecule has 142 valence electrons. The molecule has 0 aliphatic heterocycles. The zero-order chi connectivity index (χ0) is 19.1. The summed E-state index contributed by atoms with van der Waals surface area (Å²) < 4.78 is 40.1. The topological polar surface area (TPSA) is 65.5 Å². The summed E-state index contributed by atoms with van der Waals surface area (Å²) in [6, 6.07) is 10.2. The lowest BCUT2D eigenvalue weighted by Crippen LogP contribution is -2.08. The third-order valence-corrected chi connectivity index (χ3v) is 4.32. The van der Waals surface area contributed by atoms with Crippen molar-refractivity contribution in [1.82, 2.24) is 9.97 Å². The predicted molar refractivity (Wildman–Crippen MR) is 97.6 cm³/mol. The zero-order valence-electron chi connectivity index (χ0n) is 14.4. The van der Waals surface area contributed by atoms with E-state index in [4.69, 9.17) is 9.47 Å². The number of halogens is 2. The summed E-state index contributed by atoms with van der Waals surface area (Å²) in [6.07, 6.45) is 1.50. The number of hydrogen-bond donors (Lipinski definition) is 1. The fourth-order valence-electron chi connectivity index (χ4n) is 2.20. The molecule has 6 nitrogen and oxygen atoms in total. The molecule has 0 atom stereocenters. The van der Waals surface area contributed by atoms with Crippen molar-refractivity contribution in [2.45, 2.75) is 19.8 Å². The van der Waals surface area contributed by atoms with Crippen LogP contribution < -0.4 is 19.5 Å². The second-order valence-corrected chi connectivity index (χ2v) is 6.22. The SMILES string of the molecule is COc1ccc(OCc2nc(CNc3ncccc3OC(F)F)cs2)cc1. The Hall–Kier alpha value is -2.94. The third kappa shape index (κ3) is 5.52. The van der Waals surface area contributed by atoms with E-state index in [9.17, 15) is 8.78 Å². The first-order valence-electron chi connectivity index (χ1n) is 7.98. The average Bonchev–Trinajstić information content (AvgIpc) is 3.13. The molecule has 1 aromatic carbocycles. The minimum Gasteiger partial charge on any atom is -0.497 e. The number of aromatic nitrogens is 2. The van der Waals surface area contributed by atoms with Crippen molar-refractivity contribution >= 4 is 17.2 Å². The molecule has 0 saturated heterocycles. The molecule has 9 heteroatoms. The van der Waals surface area contributed by atoms with Gasteiger partial charge in [0.2, 0.25) is 0 Å². The minimum absolute atomic E-state index is 0.00853. The Morgan fingerprint density at radius 1 is 1.15 bits per heavy atom. The van der Waals surface area contributed by atoms with Crippen molar-refractivity contribution in [3.05, 3.63) is 58.7 Å². The molecule has 0 aliphatic carbocycles. The molecule has 0 unspecified atom stereocenters. The van der Waals surface area contributed by atoms with Gasteiger partial charge in [-0.3, -0.25) is 0 Å². The molecule has 3 aromatic rings. The van der Waals surface area contributed by atoms with Crippen LogP contribution in [0.15, 0.2) is 48.0 Å². The van der Waals surface area contributed by atoms with Crippen LogP contribution in [0.3, 0.4) is 0 Å². The summed E-state index contributed by atoms with van der Waals surface area (Å²) in [5, 5.41) is 5.62. The monoisotopic (exact) mass is 393 g/mol. The summed E-state index contributed by atoms with van der Waals surface area (Å²) >= 11 is 1.45. The van der Waals surface area contributed by atoms with E-state index in [1.54, 1.807) is 7.11 Å². The van der Waals surface area contributed by atoms with Gasteiger partial charge in [-0.2, -0.15) is 8.78 Å². The second-order valence-electron chi connectivity index (χ2n) is 5.28. The van der Waals surface area contributed by atoms with Crippen molar-refractivity contribution in [3.8, 4) is 17.2 Å². The van der Waals surface area contributed by atoms with E-state index >= 15 is 0 Å². The molecule has 1 N–H and O–H groups in total. The van der Waals surface area contributed by atoms with E-state index in [0.717, 1.165) is 16.5 Å². The third-order valence-electron chi connectivity index (χ3n) is 3.44. The molecule has 0 bridgehead atoms. The Morgan fingerprint density at radius 3 is 2.67 bits per heavy atom. The maximum absolute atomic E-state index is 12.4. The number of pyridine rings is 1. The highest BCUT2D eigenvalue weighted by atomic mass is 32.1. The summed E-state index contributed by atoms with van der Waals surface area (Å²) in [7, 11) is 1.61. The van der Waals surface area contributed by atoms with Crippen molar-refractivity contribution in [2.24, 2.45) is 0 Å². The fourth-order valence-corrected chi connectivity index (χ4v) is 2.91.